The lowest BCUT2D eigenvalue weighted by atomic mass is 9.95. The van der Waals surface area contributed by atoms with Crippen molar-refractivity contribution >= 4 is 11.8 Å². The van der Waals surface area contributed by atoms with Gasteiger partial charge in [0.1, 0.15) is 0 Å². The van der Waals surface area contributed by atoms with Gasteiger partial charge in [0.15, 0.2) is 0 Å². The molecule has 1 aromatic rings. The van der Waals surface area contributed by atoms with Crippen molar-refractivity contribution < 1.29 is 9.59 Å². The number of amides is 2. The fourth-order valence-corrected chi connectivity index (χ4v) is 4.20. The van der Waals surface area contributed by atoms with Crippen LogP contribution in [-0.2, 0) is 16.0 Å². The average molecular weight is 342 g/mol. The molecule has 4 nitrogen and oxygen atoms in total. The van der Waals surface area contributed by atoms with Gasteiger partial charge < -0.3 is 9.80 Å². The van der Waals surface area contributed by atoms with Gasteiger partial charge in [-0.2, -0.15) is 0 Å². The number of rotatable bonds is 4. The van der Waals surface area contributed by atoms with E-state index in [9.17, 15) is 9.59 Å². The number of carbonyl (C=O) groups excluding carboxylic acids is 2. The quantitative estimate of drug-likeness (QED) is 0.843. The Kier molecular flexibility index (Phi) is 5.77. The van der Waals surface area contributed by atoms with Crippen molar-refractivity contribution in [3.8, 4) is 0 Å². The molecule has 2 atom stereocenters. The monoisotopic (exact) mass is 342 g/mol. The summed E-state index contributed by atoms with van der Waals surface area (Å²) in [5.41, 5.74) is 2.58. The largest absolute Gasteiger partial charge is 0.342 e. The second-order valence-electron chi connectivity index (χ2n) is 7.55. The van der Waals surface area contributed by atoms with Crippen LogP contribution in [0.2, 0.25) is 0 Å². The Labute approximate surface area is 151 Å². The third kappa shape index (κ3) is 4.23. The Hall–Kier alpha value is -1.84. The highest BCUT2D eigenvalue weighted by Gasteiger charge is 2.35. The molecule has 2 amide bonds. The van der Waals surface area contributed by atoms with Crippen LogP contribution in [0.3, 0.4) is 0 Å². The van der Waals surface area contributed by atoms with E-state index in [2.05, 4.69) is 36.1 Å². The molecule has 136 valence electrons. The summed E-state index contributed by atoms with van der Waals surface area (Å²) in [5, 5.41) is 0. The van der Waals surface area contributed by atoms with Crippen molar-refractivity contribution in [2.45, 2.75) is 58.4 Å². The first-order chi connectivity index (χ1) is 12.1. The summed E-state index contributed by atoms with van der Waals surface area (Å²) >= 11 is 0. The lowest BCUT2D eigenvalue weighted by molar-refractivity contribution is -0.141. The molecule has 2 saturated heterocycles. The van der Waals surface area contributed by atoms with Crippen LogP contribution < -0.4 is 0 Å². The van der Waals surface area contributed by atoms with Crippen molar-refractivity contribution in [3.05, 3.63) is 35.4 Å². The van der Waals surface area contributed by atoms with Crippen molar-refractivity contribution in [2.24, 2.45) is 5.92 Å². The summed E-state index contributed by atoms with van der Waals surface area (Å²) < 4.78 is 0. The van der Waals surface area contributed by atoms with Crippen molar-refractivity contribution in [2.75, 3.05) is 19.6 Å². The minimum absolute atomic E-state index is 0.0112. The molecule has 3 rings (SSSR count). The lowest BCUT2D eigenvalue weighted by Crippen LogP contribution is -2.48. The van der Waals surface area contributed by atoms with Crippen LogP contribution >= 0.6 is 0 Å². The SMILES string of the molecule is CCC(=O)N1CCC[C@H](C(=O)N2CCC[C@H]2Cc2ccc(C)cc2)C1. The van der Waals surface area contributed by atoms with Crippen LogP contribution in [0.15, 0.2) is 24.3 Å². The third-order valence-corrected chi connectivity index (χ3v) is 5.68. The molecule has 2 fully saturated rings. The fraction of sp³-hybridized carbons (Fsp3) is 0.619. The topological polar surface area (TPSA) is 40.6 Å². The number of aryl methyl sites for hydroxylation is 1. The first-order valence-corrected chi connectivity index (χ1v) is 9.72. The molecule has 0 aromatic heterocycles. The van der Waals surface area contributed by atoms with Crippen LogP contribution in [0.25, 0.3) is 0 Å². The van der Waals surface area contributed by atoms with Crippen LogP contribution in [0, 0.1) is 12.8 Å². The molecule has 0 unspecified atom stereocenters. The third-order valence-electron chi connectivity index (χ3n) is 5.68. The molecule has 2 aliphatic heterocycles. The van der Waals surface area contributed by atoms with Gasteiger partial charge in [-0.1, -0.05) is 36.8 Å². The van der Waals surface area contributed by atoms with Crippen LogP contribution in [0.5, 0.6) is 0 Å². The maximum absolute atomic E-state index is 13.1. The summed E-state index contributed by atoms with van der Waals surface area (Å²) in [7, 11) is 0. The molecule has 1 aromatic carbocycles. The van der Waals surface area contributed by atoms with E-state index in [1.54, 1.807) is 0 Å². The van der Waals surface area contributed by atoms with E-state index in [4.69, 9.17) is 0 Å². The molecule has 25 heavy (non-hydrogen) atoms. The number of carbonyl (C=O) groups is 2. The Morgan fingerprint density at radius 2 is 1.80 bits per heavy atom. The van der Waals surface area contributed by atoms with Gasteiger partial charge in [-0.15, -0.1) is 0 Å². The Balaban J connectivity index is 1.64. The zero-order valence-corrected chi connectivity index (χ0v) is 15.5. The molecule has 0 bridgehead atoms. The average Bonchev–Trinajstić information content (AvgIpc) is 3.10. The van der Waals surface area contributed by atoms with E-state index >= 15 is 0 Å². The highest BCUT2D eigenvalue weighted by Crippen LogP contribution is 2.27. The first-order valence-electron chi connectivity index (χ1n) is 9.72. The zero-order valence-electron chi connectivity index (χ0n) is 15.5. The highest BCUT2D eigenvalue weighted by molar-refractivity contribution is 5.81. The molecule has 2 heterocycles. The van der Waals surface area contributed by atoms with Gasteiger partial charge in [0.2, 0.25) is 11.8 Å². The van der Waals surface area contributed by atoms with Crippen molar-refractivity contribution in [3.63, 3.8) is 0 Å². The minimum atomic E-state index is -0.0112. The van der Waals surface area contributed by atoms with E-state index in [1.807, 2.05) is 11.8 Å². The molecule has 0 N–H and O–H groups in total. The summed E-state index contributed by atoms with van der Waals surface area (Å²) in [6, 6.07) is 8.96. The van der Waals surface area contributed by atoms with Gasteiger partial charge in [-0.3, -0.25) is 9.59 Å². The van der Waals surface area contributed by atoms with Gasteiger partial charge in [0.25, 0.3) is 0 Å². The number of hydrogen-bond acceptors (Lipinski definition) is 2. The van der Waals surface area contributed by atoms with Gasteiger partial charge in [-0.25, -0.2) is 0 Å². The molecular formula is C21H30N2O2. The van der Waals surface area contributed by atoms with E-state index in [0.29, 0.717) is 19.0 Å². The summed E-state index contributed by atoms with van der Waals surface area (Å²) in [5.74, 6) is 0.432. The highest BCUT2D eigenvalue weighted by atomic mass is 16.2. The lowest BCUT2D eigenvalue weighted by Gasteiger charge is -2.35. The first kappa shape index (κ1) is 18.0. The molecule has 0 saturated carbocycles. The molecule has 0 aliphatic carbocycles. The summed E-state index contributed by atoms with van der Waals surface area (Å²) in [6.07, 6.45) is 5.51. The Bertz CT molecular complexity index is 611. The number of piperidine rings is 1. The van der Waals surface area contributed by atoms with Crippen LogP contribution in [0.4, 0.5) is 0 Å². The van der Waals surface area contributed by atoms with Gasteiger partial charge in [0.05, 0.1) is 5.92 Å². The molecule has 0 spiro atoms. The van der Waals surface area contributed by atoms with Crippen molar-refractivity contribution in [1.29, 1.82) is 0 Å². The van der Waals surface area contributed by atoms with Crippen molar-refractivity contribution in [1.82, 2.24) is 9.80 Å². The molecular weight excluding hydrogens is 312 g/mol. The van der Waals surface area contributed by atoms with Crippen LogP contribution in [-0.4, -0.2) is 47.3 Å². The predicted octanol–water partition coefficient (Wildman–Crippen LogP) is 3.18. The fourth-order valence-electron chi connectivity index (χ4n) is 4.20. The Morgan fingerprint density at radius 3 is 2.52 bits per heavy atom. The standard InChI is InChI=1S/C21H30N2O2/c1-3-20(24)22-12-4-6-18(15-22)21(25)23-13-5-7-19(23)14-17-10-8-16(2)9-11-17/h8-11,18-19H,3-7,12-15H2,1-2H3/t18-,19-/m0/s1. The second kappa shape index (κ2) is 8.03. The van der Waals surface area contributed by atoms with E-state index in [-0.39, 0.29) is 17.7 Å². The van der Waals surface area contributed by atoms with E-state index in [1.165, 1.54) is 11.1 Å². The molecule has 2 aliphatic rings. The number of likely N-dealkylation sites (tertiary alicyclic amines) is 2. The molecule has 0 radical (unpaired) electrons. The zero-order chi connectivity index (χ0) is 17.8. The van der Waals surface area contributed by atoms with Gasteiger partial charge >= 0.3 is 0 Å². The summed E-state index contributed by atoms with van der Waals surface area (Å²) in [4.78, 5) is 29.1. The second-order valence-corrected chi connectivity index (χ2v) is 7.55. The maximum atomic E-state index is 13.1. The number of hydrogen-bond donors (Lipinski definition) is 0. The maximum Gasteiger partial charge on any atom is 0.227 e. The number of benzene rings is 1. The number of nitrogens with zero attached hydrogens (tertiary/aromatic N) is 2. The smallest absolute Gasteiger partial charge is 0.227 e. The Morgan fingerprint density at radius 1 is 1.08 bits per heavy atom. The minimum Gasteiger partial charge on any atom is -0.342 e. The summed E-state index contributed by atoms with van der Waals surface area (Å²) in [6.45, 7) is 6.28. The van der Waals surface area contributed by atoms with E-state index in [0.717, 1.165) is 45.2 Å². The van der Waals surface area contributed by atoms with E-state index < -0.39 is 0 Å². The molecule has 4 heteroatoms. The van der Waals surface area contributed by atoms with Gasteiger partial charge in [-0.05, 0) is 44.6 Å². The predicted molar refractivity (Wildman–Crippen MR) is 99.2 cm³/mol. The van der Waals surface area contributed by atoms with Gasteiger partial charge in [0, 0.05) is 32.1 Å². The normalized spacial score (nSPS) is 23.8. The van der Waals surface area contributed by atoms with Crippen LogP contribution in [0.1, 0.15) is 50.2 Å².